The lowest BCUT2D eigenvalue weighted by molar-refractivity contribution is -0.116. The van der Waals surface area contributed by atoms with Gasteiger partial charge >= 0.3 is 5.97 Å². The zero-order valence-corrected chi connectivity index (χ0v) is 20.3. The average molecular weight is 488 g/mol. The van der Waals surface area contributed by atoms with Gasteiger partial charge in [0.25, 0.3) is 0 Å². The minimum Gasteiger partial charge on any atom is -0.494 e. The van der Waals surface area contributed by atoms with E-state index in [1.165, 1.54) is 18.4 Å². The van der Waals surface area contributed by atoms with Crippen LogP contribution in [0.15, 0.2) is 48.5 Å². The second-order valence-electron chi connectivity index (χ2n) is 7.14. The third-order valence-electron chi connectivity index (χ3n) is 4.81. The molecule has 6 nitrogen and oxygen atoms in total. The van der Waals surface area contributed by atoms with Gasteiger partial charge in [0.2, 0.25) is 5.91 Å². The largest absolute Gasteiger partial charge is 0.494 e. The van der Waals surface area contributed by atoms with Gasteiger partial charge in [0.1, 0.15) is 22.1 Å². The topological polar surface area (TPSA) is 73.9 Å². The smallest absolute Gasteiger partial charge is 0.341 e. The second-order valence-corrected chi connectivity index (χ2v) is 8.80. The summed E-state index contributed by atoms with van der Waals surface area (Å²) in [6.07, 6.45) is 0.779. The number of ether oxygens (including phenoxy) is 3. The minimum absolute atomic E-state index is 0.195. The van der Waals surface area contributed by atoms with E-state index in [1.807, 2.05) is 38.1 Å². The molecule has 0 fully saturated rings. The van der Waals surface area contributed by atoms with E-state index in [1.54, 1.807) is 24.3 Å². The number of benzene rings is 2. The number of hydrogen-bond acceptors (Lipinski definition) is 6. The van der Waals surface area contributed by atoms with E-state index in [0.29, 0.717) is 41.0 Å². The van der Waals surface area contributed by atoms with Crippen LogP contribution in [0.4, 0.5) is 5.00 Å². The van der Waals surface area contributed by atoms with Crippen molar-refractivity contribution < 1.29 is 23.8 Å². The van der Waals surface area contributed by atoms with E-state index >= 15 is 0 Å². The zero-order valence-electron chi connectivity index (χ0n) is 18.8. The van der Waals surface area contributed by atoms with E-state index in [-0.39, 0.29) is 12.3 Å². The highest BCUT2D eigenvalue weighted by molar-refractivity contribution is 7.17. The molecule has 2 aromatic carbocycles. The van der Waals surface area contributed by atoms with Crippen molar-refractivity contribution >= 4 is 39.8 Å². The Labute approximate surface area is 202 Å². The SMILES string of the molecule is CCOc1ccc(-c2c(C)sc(NC(=O)CCCOc3ccc(Cl)cc3)c2C(=O)OC)cc1. The van der Waals surface area contributed by atoms with Crippen molar-refractivity contribution in [1.82, 2.24) is 0 Å². The Hall–Kier alpha value is -3.03. The molecule has 0 bridgehead atoms. The highest BCUT2D eigenvalue weighted by atomic mass is 35.5. The molecule has 1 amide bonds. The van der Waals surface area contributed by atoms with Gasteiger partial charge in [0.15, 0.2) is 0 Å². The van der Waals surface area contributed by atoms with Gasteiger partial charge in [-0.3, -0.25) is 4.79 Å². The fourth-order valence-electron chi connectivity index (χ4n) is 3.30. The third-order valence-corrected chi connectivity index (χ3v) is 6.08. The standard InChI is InChI=1S/C25H26ClNO5S/c1-4-31-19-11-7-17(8-12-19)22-16(2)33-24(23(22)25(29)30-3)27-21(28)6-5-15-32-20-13-9-18(26)10-14-20/h7-14H,4-6,15H2,1-3H3,(H,27,28). The van der Waals surface area contributed by atoms with Crippen molar-refractivity contribution in [1.29, 1.82) is 0 Å². The van der Waals surface area contributed by atoms with Crippen molar-refractivity contribution in [3.63, 3.8) is 0 Å². The number of thiophene rings is 1. The van der Waals surface area contributed by atoms with Gasteiger partial charge in [-0.15, -0.1) is 11.3 Å². The summed E-state index contributed by atoms with van der Waals surface area (Å²) in [5.74, 6) is 0.758. The van der Waals surface area contributed by atoms with Crippen LogP contribution in [0.2, 0.25) is 5.02 Å². The molecular weight excluding hydrogens is 462 g/mol. The zero-order chi connectivity index (χ0) is 23.8. The minimum atomic E-state index is -0.496. The number of carbonyl (C=O) groups excluding carboxylic acids is 2. The molecule has 0 aliphatic carbocycles. The first kappa shape index (κ1) is 24.6. The Morgan fingerprint density at radius 2 is 1.64 bits per heavy atom. The van der Waals surface area contributed by atoms with Gasteiger partial charge in [-0.1, -0.05) is 23.7 Å². The molecule has 3 rings (SSSR count). The summed E-state index contributed by atoms with van der Waals surface area (Å²) in [5.41, 5.74) is 1.95. The monoisotopic (exact) mass is 487 g/mol. The Kier molecular flexibility index (Phi) is 8.74. The number of rotatable bonds is 10. The van der Waals surface area contributed by atoms with Crippen LogP contribution in [0.3, 0.4) is 0 Å². The molecule has 3 aromatic rings. The molecule has 1 heterocycles. The van der Waals surface area contributed by atoms with Crippen LogP contribution in [0.1, 0.15) is 35.0 Å². The van der Waals surface area contributed by atoms with E-state index < -0.39 is 5.97 Å². The van der Waals surface area contributed by atoms with E-state index in [9.17, 15) is 9.59 Å². The number of aryl methyl sites for hydroxylation is 1. The van der Waals surface area contributed by atoms with E-state index in [4.69, 9.17) is 25.8 Å². The molecule has 0 saturated carbocycles. The molecule has 8 heteroatoms. The van der Waals surface area contributed by atoms with Crippen LogP contribution in [-0.2, 0) is 9.53 Å². The number of nitrogens with one attached hydrogen (secondary N) is 1. The fraction of sp³-hybridized carbons (Fsp3) is 0.280. The second kappa shape index (κ2) is 11.7. The number of amides is 1. The molecular formula is C25H26ClNO5S. The lowest BCUT2D eigenvalue weighted by Crippen LogP contribution is -2.14. The average Bonchev–Trinajstić information content (AvgIpc) is 3.13. The first-order chi connectivity index (χ1) is 15.9. The highest BCUT2D eigenvalue weighted by Crippen LogP contribution is 2.40. The molecule has 0 radical (unpaired) electrons. The Balaban J connectivity index is 1.69. The predicted octanol–water partition coefficient (Wildman–Crippen LogP) is 6.36. The van der Waals surface area contributed by atoms with Crippen molar-refractivity contribution in [2.24, 2.45) is 0 Å². The van der Waals surface area contributed by atoms with Crippen LogP contribution in [0, 0.1) is 6.92 Å². The summed E-state index contributed by atoms with van der Waals surface area (Å²) >= 11 is 7.21. The highest BCUT2D eigenvalue weighted by Gasteiger charge is 2.25. The first-order valence-electron chi connectivity index (χ1n) is 10.6. The number of anilines is 1. The third kappa shape index (κ3) is 6.49. The summed E-state index contributed by atoms with van der Waals surface area (Å²) in [7, 11) is 1.33. The van der Waals surface area contributed by atoms with Crippen LogP contribution in [0.25, 0.3) is 11.1 Å². The van der Waals surface area contributed by atoms with Crippen molar-refractivity contribution in [3.8, 4) is 22.6 Å². The fourth-order valence-corrected chi connectivity index (χ4v) is 4.51. The summed E-state index contributed by atoms with van der Waals surface area (Å²) in [5, 5.41) is 3.99. The summed E-state index contributed by atoms with van der Waals surface area (Å²) in [6.45, 7) is 4.80. The van der Waals surface area contributed by atoms with Crippen LogP contribution < -0.4 is 14.8 Å². The van der Waals surface area contributed by atoms with Gasteiger partial charge in [0.05, 0.1) is 20.3 Å². The molecule has 33 heavy (non-hydrogen) atoms. The quantitative estimate of drug-likeness (QED) is 0.266. The maximum atomic E-state index is 12.6. The molecule has 0 spiro atoms. The number of methoxy groups -OCH3 is 1. The maximum Gasteiger partial charge on any atom is 0.341 e. The lowest BCUT2D eigenvalue weighted by Gasteiger charge is -2.09. The molecule has 0 aliphatic rings. The molecule has 1 aromatic heterocycles. The molecule has 0 unspecified atom stereocenters. The van der Waals surface area contributed by atoms with E-state index in [0.717, 1.165) is 21.8 Å². The van der Waals surface area contributed by atoms with Crippen molar-refractivity contribution in [2.75, 3.05) is 25.6 Å². The normalized spacial score (nSPS) is 10.5. The lowest BCUT2D eigenvalue weighted by atomic mass is 10.0. The summed E-state index contributed by atoms with van der Waals surface area (Å²) in [4.78, 5) is 26.1. The summed E-state index contributed by atoms with van der Waals surface area (Å²) in [6, 6.07) is 14.6. The predicted molar refractivity (Wildman–Crippen MR) is 132 cm³/mol. The van der Waals surface area contributed by atoms with Gasteiger partial charge < -0.3 is 19.5 Å². The van der Waals surface area contributed by atoms with Crippen molar-refractivity contribution in [2.45, 2.75) is 26.7 Å². The summed E-state index contributed by atoms with van der Waals surface area (Å²) < 4.78 is 16.1. The van der Waals surface area contributed by atoms with Gasteiger partial charge in [0, 0.05) is 21.9 Å². The molecule has 1 N–H and O–H groups in total. The Bertz CT molecular complexity index is 1090. The number of carbonyl (C=O) groups is 2. The van der Waals surface area contributed by atoms with Gasteiger partial charge in [-0.25, -0.2) is 4.79 Å². The number of esters is 1. The first-order valence-corrected chi connectivity index (χ1v) is 11.8. The van der Waals surface area contributed by atoms with Crippen LogP contribution in [0.5, 0.6) is 11.5 Å². The Morgan fingerprint density at radius 3 is 2.27 bits per heavy atom. The van der Waals surface area contributed by atoms with Gasteiger partial charge in [-0.2, -0.15) is 0 Å². The number of halogens is 1. The van der Waals surface area contributed by atoms with Gasteiger partial charge in [-0.05, 0) is 62.2 Å². The van der Waals surface area contributed by atoms with Crippen LogP contribution >= 0.6 is 22.9 Å². The maximum absolute atomic E-state index is 12.6. The van der Waals surface area contributed by atoms with Crippen molar-refractivity contribution in [3.05, 3.63) is 64.0 Å². The number of hydrogen-bond donors (Lipinski definition) is 1. The molecule has 0 aliphatic heterocycles. The molecule has 174 valence electrons. The van der Waals surface area contributed by atoms with E-state index in [2.05, 4.69) is 5.32 Å². The van der Waals surface area contributed by atoms with Crippen LogP contribution in [-0.4, -0.2) is 32.2 Å². The Morgan fingerprint density at radius 1 is 1.00 bits per heavy atom. The molecule has 0 saturated heterocycles. The molecule has 0 atom stereocenters.